The third-order valence-electron chi connectivity index (χ3n) is 4.61. The monoisotopic (exact) mass is 380 g/mol. The van der Waals surface area contributed by atoms with Gasteiger partial charge in [-0.1, -0.05) is 29.8 Å². The predicted octanol–water partition coefficient (Wildman–Crippen LogP) is 4.02. The van der Waals surface area contributed by atoms with Crippen molar-refractivity contribution in [3.05, 3.63) is 69.3 Å². The summed E-state index contributed by atoms with van der Waals surface area (Å²) in [5.41, 5.74) is 6.48. The number of carbonyl (C=O) groups is 1. The third-order valence-corrected chi connectivity index (χ3v) is 5.44. The third kappa shape index (κ3) is 4.17. The molecular formula is C21H24N4OS. The van der Waals surface area contributed by atoms with E-state index < -0.39 is 0 Å². The van der Waals surface area contributed by atoms with E-state index in [1.54, 1.807) is 0 Å². The van der Waals surface area contributed by atoms with Crippen LogP contribution in [0.15, 0.2) is 41.4 Å². The minimum Gasteiger partial charge on any atom is -0.324 e. The molecule has 0 aliphatic carbocycles. The second-order valence-electron chi connectivity index (χ2n) is 6.75. The van der Waals surface area contributed by atoms with Crippen molar-refractivity contribution in [2.75, 3.05) is 11.9 Å². The Hall–Kier alpha value is -2.73. The summed E-state index contributed by atoms with van der Waals surface area (Å²) in [5, 5.41) is 2.94. The van der Waals surface area contributed by atoms with Crippen molar-refractivity contribution in [1.82, 2.24) is 8.94 Å². The molecule has 5 nitrogen and oxygen atoms in total. The molecule has 6 heteroatoms. The molecule has 0 unspecified atom stereocenters. The summed E-state index contributed by atoms with van der Waals surface area (Å²) in [6.07, 6.45) is 0. The fourth-order valence-corrected chi connectivity index (χ4v) is 3.69. The summed E-state index contributed by atoms with van der Waals surface area (Å²) >= 11 is 1.31. The summed E-state index contributed by atoms with van der Waals surface area (Å²) in [6, 6.07) is 12.1. The molecular weight excluding hydrogens is 356 g/mol. The van der Waals surface area contributed by atoms with Crippen LogP contribution in [0.3, 0.4) is 0 Å². The smallest absolute Gasteiger partial charge is 0.246 e. The predicted molar refractivity (Wildman–Crippen MR) is 111 cm³/mol. The van der Waals surface area contributed by atoms with Gasteiger partial charge in [0.05, 0.1) is 5.69 Å². The molecule has 0 spiro atoms. The molecule has 1 aromatic heterocycles. The number of nitrogens with one attached hydrogen (secondary N) is 1. The molecule has 0 aliphatic rings. The van der Waals surface area contributed by atoms with Crippen molar-refractivity contribution in [1.29, 1.82) is 0 Å². The molecule has 0 saturated heterocycles. The summed E-state index contributed by atoms with van der Waals surface area (Å²) in [6.45, 7) is 10.2. The Labute approximate surface area is 163 Å². The van der Waals surface area contributed by atoms with Crippen LogP contribution in [0.1, 0.15) is 28.1 Å². The van der Waals surface area contributed by atoms with E-state index in [2.05, 4.69) is 40.7 Å². The molecule has 140 valence electrons. The van der Waals surface area contributed by atoms with E-state index in [0.29, 0.717) is 0 Å². The van der Waals surface area contributed by atoms with Gasteiger partial charge in [-0.05, 0) is 63.4 Å². The zero-order valence-corrected chi connectivity index (χ0v) is 17.1. The highest BCUT2D eigenvalue weighted by Crippen LogP contribution is 2.18. The van der Waals surface area contributed by atoms with Gasteiger partial charge in [0.2, 0.25) is 10.7 Å². The van der Waals surface area contributed by atoms with Crippen LogP contribution in [-0.4, -0.2) is 21.4 Å². The highest BCUT2D eigenvalue weighted by Gasteiger charge is 2.10. The van der Waals surface area contributed by atoms with Gasteiger partial charge in [0, 0.05) is 17.2 Å². The number of amides is 1. The largest absolute Gasteiger partial charge is 0.324 e. The van der Waals surface area contributed by atoms with Crippen LogP contribution >= 0.6 is 11.5 Å². The molecule has 0 aliphatic heterocycles. The Bertz CT molecular complexity index is 1060. The van der Waals surface area contributed by atoms with Crippen LogP contribution < -0.4 is 10.1 Å². The quantitative estimate of drug-likeness (QED) is 0.743. The van der Waals surface area contributed by atoms with Gasteiger partial charge in [0.25, 0.3) is 0 Å². The van der Waals surface area contributed by atoms with Crippen LogP contribution in [0.4, 0.5) is 5.69 Å². The summed E-state index contributed by atoms with van der Waals surface area (Å²) < 4.78 is 6.44. The lowest BCUT2D eigenvalue weighted by atomic mass is 10.1. The van der Waals surface area contributed by atoms with Crippen LogP contribution in [-0.2, 0) is 4.79 Å². The van der Waals surface area contributed by atoms with Crippen molar-refractivity contribution in [3.8, 4) is 5.69 Å². The molecule has 0 fully saturated rings. The zero-order valence-electron chi connectivity index (χ0n) is 16.3. The average molecular weight is 381 g/mol. The normalized spacial score (nSPS) is 11.7. The van der Waals surface area contributed by atoms with Gasteiger partial charge >= 0.3 is 0 Å². The average Bonchev–Trinajstić information content (AvgIpc) is 2.98. The number of nitrogens with zero attached hydrogens (tertiary/aromatic N) is 3. The zero-order chi connectivity index (χ0) is 19.6. The van der Waals surface area contributed by atoms with Crippen molar-refractivity contribution in [2.24, 2.45) is 4.99 Å². The SMILES string of the molecule is Cc1ccc(NC(=O)CN=c2snc(C)n2-c2cccc(C)c2C)c(C)c1. The van der Waals surface area contributed by atoms with E-state index in [1.165, 1.54) is 28.2 Å². The maximum Gasteiger partial charge on any atom is 0.246 e. The number of benzene rings is 2. The number of carbonyl (C=O) groups excluding carboxylic acids is 1. The number of aryl methyl sites for hydroxylation is 4. The van der Waals surface area contributed by atoms with E-state index in [9.17, 15) is 4.79 Å². The first-order valence-electron chi connectivity index (χ1n) is 8.86. The molecule has 3 aromatic rings. The van der Waals surface area contributed by atoms with Crippen molar-refractivity contribution in [2.45, 2.75) is 34.6 Å². The molecule has 1 N–H and O–H groups in total. The van der Waals surface area contributed by atoms with Gasteiger partial charge in [-0.2, -0.15) is 4.37 Å². The van der Waals surface area contributed by atoms with E-state index in [1.807, 2.05) is 49.6 Å². The van der Waals surface area contributed by atoms with Gasteiger partial charge in [-0.25, -0.2) is 4.99 Å². The molecule has 1 amide bonds. The molecule has 0 bridgehead atoms. The first kappa shape index (κ1) is 19.0. The van der Waals surface area contributed by atoms with E-state index >= 15 is 0 Å². The van der Waals surface area contributed by atoms with Crippen LogP contribution in [0.5, 0.6) is 0 Å². The maximum atomic E-state index is 12.4. The molecule has 0 atom stereocenters. The lowest BCUT2D eigenvalue weighted by Crippen LogP contribution is -2.21. The Morgan fingerprint density at radius 2 is 1.89 bits per heavy atom. The summed E-state index contributed by atoms with van der Waals surface area (Å²) in [7, 11) is 0. The van der Waals surface area contributed by atoms with Gasteiger partial charge < -0.3 is 5.32 Å². The van der Waals surface area contributed by atoms with Crippen molar-refractivity contribution in [3.63, 3.8) is 0 Å². The summed E-state index contributed by atoms with van der Waals surface area (Å²) in [4.78, 5) is 17.6. The Morgan fingerprint density at radius 3 is 2.63 bits per heavy atom. The highest BCUT2D eigenvalue weighted by atomic mass is 32.1. The number of hydrogen-bond donors (Lipinski definition) is 1. The Balaban J connectivity index is 1.86. The number of anilines is 1. The van der Waals surface area contributed by atoms with Crippen molar-refractivity contribution < 1.29 is 4.79 Å². The van der Waals surface area contributed by atoms with Crippen LogP contribution in [0.2, 0.25) is 0 Å². The van der Waals surface area contributed by atoms with Crippen molar-refractivity contribution >= 4 is 23.1 Å². The van der Waals surface area contributed by atoms with Crippen LogP contribution in [0.25, 0.3) is 5.69 Å². The fourth-order valence-electron chi connectivity index (χ4n) is 2.96. The van der Waals surface area contributed by atoms with E-state index in [0.717, 1.165) is 27.6 Å². The highest BCUT2D eigenvalue weighted by molar-refractivity contribution is 7.02. The number of hydrogen-bond acceptors (Lipinski definition) is 4. The first-order valence-corrected chi connectivity index (χ1v) is 9.63. The minimum absolute atomic E-state index is 0.0554. The molecule has 0 saturated carbocycles. The molecule has 0 radical (unpaired) electrons. The Kier molecular flexibility index (Phi) is 5.56. The van der Waals surface area contributed by atoms with Crippen LogP contribution in [0, 0.1) is 34.6 Å². The molecule has 27 heavy (non-hydrogen) atoms. The van der Waals surface area contributed by atoms with E-state index in [4.69, 9.17) is 0 Å². The maximum absolute atomic E-state index is 12.4. The lowest BCUT2D eigenvalue weighted by molar-refractivity contribution is -0.114. The van der Waals surface area contributed by atoms with Gasteiger partial charge in [-0.3, -0.25) is 9.36 Å². The number of aromatic nitrogens is 2. The minimum atomic E-state index is -0.138. The van der Waals surface area contributed by atoms with Gasteiger partial charge in [0.1, 0.15) is 12.4 Å². The standard InChI is InChI=1S/C21H24N4OS/c1-13-9-10-18(15(3)11-13)23-20(26)12-22-21-25(17(5)24-27-21)19-8-6-7-14(2)16(19)4/h6-11H,12H2,1-5H3,(H,23,26). The van der Waals surface area contributed by atoms with Gasteiger partial charge in [0.15, 0.2) is 0 Å². The number of rotatable bonds is 4. The first-order chi connectivity index (χ1) is 12.9. The van der Waals surface area contributed by atoms with Gasteiger partial charge in [-0.15, -0.1) is 0 Å². The second-order valence-corrected chi connectivity index (χ2v) is 7.48. The Morgan fingerprint density at radius 1 is 1.11 bits per heavy atom. The molecule has 2 aromatic carbocycles. The molecule has 1 heterocycles. The topological polar surface area (TPSA) is 59.3 Å². The second kappa shape index (κ2) is 7.88. The van der Waals surface area contributed by atoms with E-state index in [-0.39, 0.29) is 12.5 Å². The summed E-state index contributed by atoms with van der Waals surface area (Å²) in [5.74, 6) is 0.725. The molecule has 3 rings (SSSR count). The fraction of sp³-hybridized carbons (Fsp3) is 0.286. The lowest BCUT2D eigenvalue weighted by Gasteiger charge is -2.11.